The Morgan fingerprint density at radius 3 is 3.07 bits per heavy atom. The van der Waals surface area contributed by atoms with Gasteiger partial charge in [-0.05, 0) is 0 Å². The van der Waals surface area contributed by atoms with Crippen LogP contribution in [0.2, 0.25) is 0 Å². The first-order chi connectivity index (χ1) is 6.74. The smallest absolute Gasteiger partial charge is 0.306 e. The van der Waals surface area contributed by atoms with Crippen molar-refractivity contribution in [3.05, 3.63) is 0 Å². The Balaban J connectivity index is 2.07. The summed E-state index contributed by atoms with van der Waals surface area (Å²) in [7, 11) is 1.55. The van der Waals surface area contributed by atoms with Crippen LogP contribution in [0.15, 0.2) is 0 Å². The fourth-order valence-electron chi connectivity index (χ4n) is 2.10. The number of hydrogen-bond donors (Lipinski definition) is 1. The Hall–Kier alpha value is -0.650. The summed E-state index contributed by atoms with van der Waals surface area (Å²) in [6.07, 6.45) is 0.000278. The molecule has 0 radical (unpaired) electrons. The van der Waals surface area contributed by atoms with E-state index in [1.807, 2.05) is 0 Å². The molecule has 2 heterocycles. The highest BCUT2D eigenvalue weighted by molar-refractivity contribution is 5.72. The van der Waals surface area contributed by atoms with Crippen LogP contribution in [0.25, 0.3) is 0 Å². The van der Waals surface area contributed by atoms with Crippen LogP contribution in [0.3, 0.4) is 0 Å². The quantitative estimate of drug-likeness (QED) is 0.621. The Morgan fingerprint density at radius 2 is 2.43 bits per heavy atom. The first kappa shape index (κ1) is 9.89. The SMILES string of the molecule is CO[C@@H]1C[C@@H]2CC(=O)O[C@@H]2[C@@H](CO)O1. The van der Waals surface area contributed by atoms with Gasteiger partial charge in [-0.3, -0.25) is 4.79 Å². The number of hydrogen-bond acceptors (Lipinski definition) is 5. The summed E-state index contributed by atoms with van der Waals surface area (Å²) in [6.45, 7) is -0.145. The molecule has 2 aliphatic rings. The lowest BCUT2D eigenvalue weighted by Crippen LogP contribution is -2.45. The number of rotatable bonds is 2. The van der Waals surface area contributed by atoms with Crippen molar-refractivity contribution in [3.8, 4) is 0 Å². The maximum Gasteiger partial charge on any atom is 0.306 e. The van der Waals surface area contributed by atoms with Crippen molar-refractivity contribution in [2.45, 2.75) is 31.3 Å². The zero-order valence-corrected chi connectivity index (χ0v) is 8.01. The van der Waals surface area contributed by atoms with Gasteiger partial charge in [0.05, 0.1) is 13.0 Å². The van der Waals surface area contributed by atoms with Crippen LogP contribution in [0, 0.1) is 5.92 Å². The van der Waals surface area contributed by atoms with E-state index in [1.54, 1.807) is 7.11 Å². The predicted molar refractivity (Wildman–Crippen MR) is 45.4 cm³/mol. The van der Waals surface area contributed by atoms with Crippen LogP contribution in [-0.4, -0.2) is 43.3 Å². The maximum atomic E-state index is 11.1. The summed E-state index contributed by atoms with van der Waals surface area (Å²) in [5.41, 5.74) is 0. The largest absolute Gasteiger partial charge is 0.459 e. The lowest BCUT2D eigenvalue weighted by atomic mass is 9.91. The van der Waals surface area contributed by atoms with Crippen LogP contribution in [-0.2, 0) is 19.0 Å². The Morgan fingerprint density at radius 1 is 1.64 bits per heavy atom. The number of carbonyl (C=O) groups excluding carboxylic acids is 1. The average molecular weight is 202 g/mol. The third kappa shape index (κ3) is 1.63. The number of esters is 1. The number of ether oxygens (including phenoxy) is 3. The Kier molecular flexibility index (Phi) is 2.71. The molecule has 0 aromatic carbocycles. The predicted octanol–water partition coefficient (Wildman–Crippen LogP) is -0.328. The zero-order chi connectivity index (χ0) is 10.1. The van der Waals surface area contributed by atoms with Crippen LogP contribution < -0.4 is 0 Å². The van der Waals surface area contributed by atoms with Crippen molar-refractivity contribution in [2.75, 3.05) is 13.7 Å². The second-order valence-electron chi connectivity index (χ2n) is 3.68. The molecule has 5 nitrogen and oxygen atoms in total. The van der Waals surface area contributed by atoms with Gasteiger partial charge in [0, 0.05) is 19.4 Å². The molecule has 0 amide bonds. The van der Waals surface area contributed by atoms with E-state index in [4.69, 9.17) is 19.3 Å². The second kappa shape index (κ2) is 3.84. The lowest BCUT2D eigenvalue weighted by molar-refractivity contribution is -0.230. The molecule has 14 heavy (non-hydrogen) atoms. The number of methoxy groups -OCH3 is 1. The van der Waals surface area contributed by atoms with Gasteiger partial charge in [0.15, 0.2) is 6.29 Å². The standard InChI is InChI=1S/C9H14O5/c1-12-8-3-5-2-7(11)14-9(5)6(4-10)13-8/h5-6,8-10H,2-4H2,1H3/t5-,6+,8-,9-/m0/s1. The van der Waals surface area contributed by atoms with Gasteiger partial charge in [-0.1, -0.05) is 0 Å². The van der Waals surface area contributed by atoms with Crippen molar-refractivity contribution in [1.82, 2.24) is 0 Å². The summed E-state index contributed by atoms with van der Waals surface area (Å²) in [5, 5.41) is 9.07. The summed E-state index contributed by atoms with van der Waals surface area (Å²) in [4.78, 5) is 11.1. The average Bonchev–Trinajstić information content (AvgIpc) is 2.56. The molecule has 0 unspecified atom stereocenters. The summed E-state index contributed by atoms with van der Waals surface area (Å²) in [6, 6.07) is 0. The normalized spacial score (nSPS) is 42.0. The van der Waals surface area contributed by atoms with E-state index < -0.39 is 6.10 Å². The molecular formula is C9H14O5. The van der Waals surface area contributed by atoms with Crippen molar-refractivity contribution in [3.63, 3.8) is 0 Å². The second-order valence-corrected chi connectivity index (χ2v) is 3.68. The van der Waals surface area contributed by atoms with Crippen LogP contribution in [0.5, 0.6) is 0 Å². The number of carbonyl (C=O) groups is 1. The van der Waals surface area contributed by atoms with Gasteiger partial charge in [-0.2, -0.15) is 0 Å². The van der Waals surface area contributed by atoms with Crippen LogP contribution in [0.1, 0.15) is 12.8 Å². The zero-order valence-electron chi connectivity index (χ0n) is 8.01. The Labute approximate surface area is 81.9 Å². The van der Waals surface area contributed by atoms with Gasteiger partial charge in [-0.25, -0.2) is 0 Å². The van der Waals surface area contributed by atoms with Crippen LogP contribution in [0.4, 0.5) is 0 Å². The van der Waals surface area contributed by atoms with E-state index in [-0.39, 0.29) is 30.9 Å². The van der Waals surface area contributed by atoms with E-state index >= 15 is 0 Å². The first-order valence-corrected chi connectivity index (χ1v) is 4.73. The summed E-state index contributed by atoms with van der Waals surface area (Å²) in [5.74, 6) is -0.0860. The third-order valence-corrected chi connectivity index (χ3v) is 2.79. The number of aliphatic hydroxyl groups excluding tert-OH is 1. The van der Waals surface area contributed by atoms with E-state index in [2.05, 4.69) is 0 Å². The molecule has 2 saturated heterocycles. The van der Waals surface area contributed by atoms with Gasteiger partial charge >= 0.3 is 5.97 Å². The molecule has 80 valence electrons. The van der Waals surface area contributed by atoms with Gasteiger partial charge in [0.25, 0.3) is 0 Å². The molecule has 5 heteroatoms. The maximum absolute atomic E-state index is 11.1. The van der Waals surface area contributed by atoms with Crippen molar-refractivity contribution in [2.24, 2.45) is 5.92 Å². The molecule has 0 aliphatic carbocycles. The molecule has 0 saturated carbocycles. The first-order valence-electron chi connectivity index (χ1n) is 4.73. The summed E-state index contributed by atoms with van der Waals surface area (Å²) < 4.78 is 15.5. The number of fused-ring (bicyclic) bond motifs is 1. The highest BCUT2D eigenvalue weighted by Gasteiger charge is 2.46. The summed E-state index contributed by atoms with van der Waals surface area (Å²) >= 11 is 0. The highest BCUT2D eigenvalue weighted by atomic mass is 16.7. The van der Waals surface area contributed by atoms with Crippen LogP contribution >= 0.6 is 0 Å². The minimum atomic E-state index is -0.440. The minimum Gasteiger partial charge on any atom is -0.459 e. The molecule has 2 fully saturated rings. The van der Waals surface area contributed by atoms with E-state index in [9.17, 15) is 4.79 Å². The van der Waals surface area contributed by atoms with Crippen molar-refractivity contribution >= 4 is 5.97 Å². The van der Waals surface area contributed by atoms with Gasteiger partial charge < -0.3 is 19.3 Å². The molecule has 0 bridgehead atoms. The lowest BCUT2D eigenvalue weighted by Gasteiger charge is -2.35. The topological polar surface area (TPSA) is 65.0 Å². The molecule has 1 N–H and O–H groups in total. The molecule has 0 aromatic heterocycles. The third-order valence-electron chi connectivity index (χ3n) is 2.79. The minimum absolute atomic E-state index is 0.123. The molecule has 0 spiro atoms. The van der Waals surface area contributed by atoms with E-state index in [0.29, 0.717) is 12.8 Å². The van der Waals surface area contributed by atoms with Gasteiger partial charge in [-0.15, -0.1) is 0 Å². The highest BCUT2D eigenvalue weighted by Crippen LogP contribution is 2.35. The fraction of sp³-hybridized carbons (Fsp3) is 0.889. The van der Waals surface area contributed by atoms with Gasteiger partial charge in [0.1, 0.15) is 12.2 Å². The monoisotopic (exact) mass is 202 g/mol. The molecule has 2 aliphatic heterocycles. The Bertz CT molecular complexity index is 229. The van der Waals surface area contributed by atoms with E-state index in [0.717, 1.165) is 0 Å². The van der Waals surface area contributed by atoms with E-state index in [1.165, 1.54) is 0 Å². The molecule has 4 atom stereocenters. The number of aliphatic hydroxyl groups is 1. The van der Waals surface area contributed by atoms with Gasteiger partial charge in [0.2, 0.25) is 0 Å². The fourth-order valence-corrected chi connectivity index (χ4v) is 2.10. The van der Waals surface area contributed by atoms with Crippen molar-refractivity contribution in [1.29, 1.82) is 0 Å². The molecule has 0 aromatic rings. The van der Waals surface area contributed by atoms with Crippen molar-refractivity contribution < 1.29 is 24.1 Å². The molecular weight excluding hydrogens is 188 g/mol. The molecule has 2 rings (SSSR count).